The number of hydrogen-bond donors (Lipinski definition) is 2. The third-order valence-electron chi connectivity index (χ3n) is 3.50. The summed E-state index contributed by atoms with van der Waals surface area (Å²) >= 11 is 0. The molecule has 1 heterocycles. The lowest BCUT2D eigenvalue weighted by atomic mass is 9.81. The molecule has 0 aliphatic carbocycles. The maximum absolute atomic E-state index is 12.3. The number of carbonyl (C=O) groups is 2. The second-order valence-corrected chi connectivity index (χ2v) is 8.19. The van der Waals surface area contributed by atoms with E-state index in [9.17, 15) is 14.7 Å². The Balaban J connectivity index is 2.69. The van der Waals surface area contributed by atoms with Gasteiger partial charge in [0.2, 0.25) is 0 Å². The van der Waals surface area contributed by atoms with Gasteiger partial charge in [0.25, 0.3) is 5.91 Å². The molecule has 1 aromatic heterocycles. The van der Waals surface area contributed by atoms with E-state index in [1.54, 1.807) is 0 Å². The molecule has 2 N–H and O–H groups in total. The number of nitrogens with one attached hydrogen (secondary N) is 1. The largest absolute Gasteiger partial charge is 0.449 e. The van der Waals surface area contributed by atoms with Crippen molar-refractivity contribution in [2.45, 2.75) is 72.4 Å². The monoisotopic (exact) mass is 353 g/mol. The molecule has 0 fully saturated rings. The van der Waals surface area contributed by atoms with Crippen LogP contribution in [0.5, 0.6) is 0 Å². The van der Waals surface area contributed by atoms with Crippen molar-refractivity contribution in [3.05, 3.63) is 18.2 Å². The minimum Gasteiger partial charge on any atom is -0.449 e. The van der Waals surface area contributed by atoms with Gasteiger partial charge in [-0.05, 0) is 32.1 Å². The number of aromatic nitrogens is 2. The summed E-state index contributed by atoms with van der Waals surface area (Å²) in [5, 5.41) is 13.1. The van der Waals surface area contributed by atoms with Gasteiger partial charge in [-0.2, -0.15) is 0 Å². The first-order chi connectivity index (χ1) is 11.4. The first-order valence-corrected chi connectivity index (χ1v) is 8.66. The number of carbonyl (C=O) groups excluding carboxylic acids is 2. The van der Waals surface area contributed by atoms with E-state index < -0.39 is 23.6 Å². The first-order valence-electron chi connectivity index (χ1n) is 8.66. The highest BCUT2D eigenvalue weighted by Crippen LogP contribution is 2.27. The molecule has 0 bridgehead atoms. The van der Waals surface area contributed by atoms with Crippen molar-refractivity contribution >= 4 is 12.0 Å². The molecule has 7 nitrogen and oxygen atoms in total. The Kier molecular flexibility index (Phi) is 7.17. The van der Waals surface area contributed by atoms with Crippen molar-refractivity contribution in [2.24, 2.45) is 5.41 Å². The normalized spacial score (nSPS) is 13.4. The van der Waals surface area contributed by atoms with Crippen LogP contribution in [0.3, 0.4) is 0 Å². The smallest absolute Gasteiger partial charge is 0.419 e. The van der Waals surface area contributed by atoms with Gasteiger partial charge >= 0.3 is 6.09 Å². The minimum absolute atomic E-state index is 0.0333. The molecule has 0 aromatic carbocycles. The molecule has 7 heteroatoms. The van der Waals surface area contributed by atoms with Crippen LogP contribution in [0.1, 0.15) is 72.6 Å². The van der Waals surface area contributed by atoms with Gasteiger partial charge in [0.15, 0.2) is 6.10 Å². The number of aliphatic hydroxyl groups excluding tert-OH is 1. The summed E-state index contributed by atoms with van der Waals surface area (Å²) in [5.41, 5.74) is -0.333. The molecule has 0 aliphatic rings. The molecule has 25 heavy (non-hydrogen) atoms. The molecular weight excluding hydrogens is 322 g/mol. The second kappa shape index (κ2) is 8.47. The van der Waals surface area contributed by atoms with Crippen molar-refractivity contribution in [3.63, 3.8) is 0 Å². The summed E-state index contributed by atoms with van der Waals surface area (Å²) in [6, 6.07) is 0. The van der Waals surface area contributed by atoms with Crippen molar-refractivity contribution in [3.8, 4) is 0 Å². The van der Waals surface area contributed by atoms with Crippen molar-refractivity contribution < 1.29 is 19.4 Å². The van der Waals surface area contributed by atoms with E-state index in [2.05, 4.69) is 31.1 Å². The topological polar surface area (TPSA) is 93.5 Å². The van der Waals surface area contributed by atoms with Gasteiger partial charge in [0.1, 0.15) is 6.33 Å². The molecule has 1 rings (SSSR count). The van der Waals surface area contributed by atoms with Crippen LogP contribution in [0.15, 0.2) is 12.5 Å². The zero-order chi connectivity index (χ0) is 19.3. The van der Waals surface area contributed by atoms with Crippen LogP contribution in [-0.2, 0) is 9.53 Å². The molecule has 0 spiro atoms. The fraction of sp³-hybridized carbons (Fsp3) is 0.722. The lowest BCUT2D eigenvalue weighted by molar-refractivity contribution is -0.131. The van der Waals surface area contributed by atoms with Crippen LogP contribution in [0.2, 0.25) is 0 Å². The molecule has 0 aliphatic heterocycles. The van der Waals surface area contributed by atoms with E-state index in [0.29, 0.717) is 6.61 Å². The van der Waals surface area contributed by atoms with Gasteiger partial charge in [-0.25, -0.2) is 14.3 Å². The van der Waals surface area contributed by atoms with Crippen molar-refractivity contribution in [1.82, 2.24) is 14.9 Å². The van der Waals surface area contributed by atoms with Gasteiger partial charge in [-0.15, -0.1) is 0 Å². The standard InChI is InChI=1S/C18H31N3O4/c1-7-8-9-25-16(24)21-10-13(19-12-21)14(22)15(23)20-18(5,6)11-17(2,3)4/h10,12,14,22H,7-9,11H2,1-6H3,(H,20,23). The molecule has 0 saturated heterocycles. The number of aliphatic hydroxyl groups is 1. The van der Waals surface area contributed by atoms with Crippen LogP contribution in [-0.4, -0.2) is 38.8 Å². The average molecular weight is 353 g/mol. The second-order valence-electron chi connectivity index (χ2n) is 8.19. The van der Waals surface area contributed by atoms with Crippen LogP contribution in [0, 0.1) is 5.41 Å². The molecule has 0 radical (unpaired) electrons. The maximum Gasteiger partial charge on any atom is 0.419 e. The lowest BCUT2D eigenvalue weighted by Crippen LogP contribution is -2.47. The minimum atomic E-state index is -1.44. The number of amides is 1. The summed E-state index contributed by atoms with van der Waals surface area (Å²) < 4.78 is 6.19. The Morgan fingerprint density at radius 3 is 2.52 bits per heavy atom. The number of imidazole rings is 1. The maximum atomic E-state index is 12.3. The SMILES string of the molecule is CCCCOC(=O)n1cnc(C(O)C(=O)NC(C)(C)CC(C)(C)C)c1. The number of unbranched alkanes of at least 4 members (excludes halogenated alkanes) is 1. The van der Waals surface area contributed by atoms with E-state index in [1.807, 2.05) is 20.8 Å². The Bertz CT molecular complexity index is 587. The average Bonchev–Trinajstić information content (AvgIpc) is 2.93. The van der Waals surface area contributed by atoms with Gasteiger partial charge in [-0.3, -0.25) is 4.79 Å². The number of ether oxygens (including phenoxy) is 1. The van der Waals surface area contributed by atoms with Crippen LogP contribution < -0.4 is 5.32 Å². The Morgan fingerprint density at radius 1 is 1.32 bits per heavy atom. The molecule has 1 aromatic rings. The molecule has 1 amide bonds. The highest BCUT2D eigenvalue weighted by molar-refractivity contribution is 5.82. The quantitative estimate of drug-likeness (QED) is 0.735. The predicted octanol–water partition coefficient (Wildman–Crippen LogP) is 3.03. The predicted molar refractivity (Wildman–Crippen MR) is 95.1 cm³/mol. The molecular formula is C18H31N3O4. The third kappa shape index (κ3) is 7.25. The van der Waals surface area contributed by atoms with E-state index in [0.717, 1.165) is 23.8 Å². The van der Waals surface area contributed by atoms with E-state index in [1.165, 1.54) is 12.5 Å². The first kappa shape index (κ1) is 21.2. The fourth-order valence-electron chi connectivity index (χ4n) is 2.86. The summed E-state index contributed by atoms with van der Waals surface area (Å²) in [5.74, 6) is -0.543. The number of rotatable bonds is 7. The van der Waals surface area contributed by atoms with Gasteiger partial charge in [-0.1, -0.05) is 34.1 Å². The van der Waals surface area contributed by atoms with E-state index in [-0.39, 0.29) is 11.1 Å². The van der Waals surface area contributed by atoms with E-state index in [4.69, 9.17) is 4.74 Å². The van der Waals surface area contributed by atoms with Crippen LogP contribution >= 0.6 is 0 Å². The summed E-state index contributed by atoms with van der Waals surface area (Å²) in [7, 11) is 0. The Morgan fingerprint density at radius 2 is 1.96 bits per heavy atom. The van der Waals surface area contributed by atoms with Gasteiger partial charge < -0.3 is 15.2 Å². The Labute approximate surface area is 149 Å². The molecule has 0 saturated carbocycles. The number of hydrogen-bond acceptors (Lipinski definition) is 5. The fourth-order valence-corrected chi connectivity index (χ4v) is 2.86. The lowest BCUT2D eigenvalue weighted by Gasteiger charge is -2.33. The van der Waals surface area contributed by atoms with E-state index >= 15 is 0 Å². The van der Waals surface area contributed by atoms with Gasteiger partial charge in [0, 0.05) is 11.7 Å². The highest BCUT2D eigenvalue weighted by atomic mass is 16.5. The summed E-state index contributed by atoms with van der Waals surface area (Å²) in [6.07, 6.45) is 2.98. The summed E-state index contributed by atoms with van der Waals surface area (Å²) in [6.45, 7) is 12.4. The van der Waals surface area contributed by atoms with Crippen molar-refractivity contribution in [2.75, 3.05) is 6.61 Å². The third-order valence-corrected chi connectivity index (χ3v) is 3.50. The molecule has 1 atom stereocenters. The molecule has 142 valence electrons. The zero-order valence-corrected chi connectivity index (χ0v) is 16.1. The summed E-state index contributed by atoms with van der Waals surface area (Å²) in [4.78, 5) is 28.1. The van der Waals surface area contributed by atoms with Crippen LogP contribution in [0.25, 0.3) is 0 Å². The Hall–Kier alpha value is -1.89. The van der Waals surface area contributed by atoms with Crippen molar-refractivity contribution in [1.29, 1.82) is 0 Å². The number of nitrogens with zero attached hydrogens (tertiary/aromatic N) is 2. The zero-order valence-electron chi connectivity index (χ0n) is 16.1. The van der Waals surface area contributed by atoms with Crippen LogP contribution in [0.4, 0.5) is 4.79 Å². The highest BCUT2D eigenvalue weighted by Gasteiger charge is 2.30. The molecule has 1 unspecified atom stereocenters. The van der Waals surface area contributed by atoms with Gasteiger partial charge in [0.05, 0.1) is 12.3 Å².